The van der Waals surface area contributed by atoms with E-state index in [4.69, 9.17) is 9.31 Å². The third-order valence-electron chi connectivity index (χ3n) is 6.65. The molecule has 1 unspecified atom stereocenters. The number of hydrogen-bond acceptors (Lipinski definition) is 4. The number of hydrogen-bond donors (Lipinski definition) is 1. The van der Waals surface area contributed by atoms with Crippen molar-refractivity contribution in [3.05, 3.63) is 0 Å². The molecule has 2 rings (SSSR count). The van der Waals surface area contributed by atoms with Gasteiger partial charge in [-0.2, -0.15) is 0 Å². The highest BCUT2D eigenvalue weighted by Crippen LogP contribution is 2.41. The van der Waals surface area contributed by atoms with E-state index in [1.165, 1.54) is 6.42 Å². The van der Waals surface area contributed by atoms with Gasteiger partial charge in [-0.3, -0.25) is 4.79 Å². The fraction of sp³-hybridized carbons (Fsp3) is 0.955. The average molecular weight is 394 g/mol. The van der Waals surface area contributed by atoms with Gasteiger partial charge in [0.25, 0.3) is 0 Å². The van der Waals surface area contributed by atoms with Crippen molar-refractivity contribution in [3.8, 4) is 0 Å². The highest BCUT2D eigenvalue weighted by molar-refractivity contribution is 6.45. The van der Waals surface area contributed by atoms with Gasteiger partial charge in [0.15, 0.2) is 0 Å². The van der Waals surface area contributed by atoms with E-state index in [1.807, 2.05) is 0 Å². The summed E-state index contributed by atoms with van der Waals surface area (Å²) in [5.74, 6) is 1.32. The minimum absolute atomic E-state index is 0.0960. The van der Waals surface area contributed by atoms with E-state index in [-0.39, 0.29) is 35.7 Å². The van der Waals surface area contributed by atoms with Crippen molar-refractivity contribution < 1.29 is 14.1 Å². The summed E-state index contributed by atoms with van der Waals surface area (Å²) < 4.78 is 12.3. The minimum Gasteiger partial charge on any atom is -0.403 e. The molecule has 6 heteroatoms. The molecule has 0 aromatic carbocycles. The van der Waals surface area contributed by atoms with Gasteiger partial charge in [-0.05, 0) is 93.6 Å². The molecule has 28 heavy (non-hydrogen) atoms. The van der Waals surface area contributed by atoms with E-state index in [1.54, 1.807) is 0 Å². The monoisotopic (exact) mass is 394 g/mol. The molecule has 1 aliphatic carbocycles. The Morgan fingerprint density at radius 3 is 2.18 bits per heavy atom. The lowest BCUT2D eigenvalue weighted by Gasteiger charge is -2.38. The Morgan fingerprint density at radius 1 is 1.11 bits per heavy atom. The molecule has 0 spiro atoms. The van der Waals surface area contributed by atoms with Gasteiger partial charge in [0.05, 0.1) is 11.2 Å². The van der Waals surface area contributed by atoms with Crippen LogP contribution in [-0.4, -0.2) is 55.3 Å². The van der Waals surface area contributed by atoms with Crippen LogP contribution in [0.4, 0.5) is 0 Å². The Morgan fingerprint density at radius 2 is 1.68 bits per heavy atom. The van der Waals surface area contributed by atoms with Crippen molar-refractivity contribution in [2.24, 2.45) is 17.8 Å². The fourth-order valence-electron chi connectivity index (χ4n) is 4.51. The molecule has 3 atom stereocenters. The normalized spacial score (nSPS) is 29.9. The van der Waals surface area contributed by atoms with Crippen LogP contribution in [0, 0.1) is 17.8 Å². The first-order valence-corrected chi connectivity index (χ1v) is 11.0. The lowest BCUT2D eigenvalue weighted by molar-refractivity contribution is -0.130. The van der Waals surface area contributed by atoms with Crippen LogP contribution in [0.2, 0.25) is 6.32 Å². The summed E-state index contributed by atoms with van der Waals surface area (Å²) in [5.41, 5.74) is -0.721. The van der Waals surface area contributed by atoms with E-state index in [0.29, 0.717) is 11.8 Å². The Kier molecular flexibility index (Phi) is 7.32. The van der Waals surface area contributed by atoms with Crippen molar-refractivity contribution in [1.29, 1.82) is 0 Å². The third kappa shape index (κ3) is 6.20. The number of nitrogens with one attached hydrogen (secondary N) is 1. The predicted molar refractivity (Wildman–Crippen MR) is 116 cm³/mol. The fourth-order valence-corrected chi connectivity index (χ4v) is 4.51. The molecular weight excluding hydrogens is 351 g/mol. The lowest BCUT2D eigenvalue weighted by Crippen LogP contribution is -2.48. The van der Waals surface area contributed by atoms with Crippen molar-refractivity contribution in [1.82, 2.24) is 10.2 Å². The number of rotatable bonds is 6. The zero-order valence-corrected chi connectivity index (χ0v) is 19.7. The van der Waals surface area contributed by atoms with Crippen LogP contribution in [0.15, 0.2) is 0 Å². The van der Waals surface area contributed by atoms with Crippen molar-refractivity contribution in [2.75, 3.05) is 20.6 Å². The number of carbonyl (C=O) groups is 1. The first kappa shape index (κ1) is 23.7. The molecule has 162 valence electrons. The SMILES string of the molecule is CN(C)C[C@H]1CC[C@@H](CCB2OC(C)(C)C(C)(C)O2)CC1C(=O)NC(C)(C)C. The molecule has 1 amide bonds. The Bertz CT molecular complexity index is 526. The van der Waals surface area contributed by atoms with Crippen LogP contribution in [-0.2, 0) is 14.1 Å². The molecular formula is C22H43BN2O3. The van der Waals surface area contributed by atoms with E-state index in [2.05, 4.69) is 72.8 Å². The highest BCUT2D eigenvalue weighted by Gasteiger charge is 2.50. The Hall–Kier alpha value is -0.585. The maximum absolute atomic E-state index is 13.0. The summed E-state index contributed by atoms with van der Waals surface area (Å²) in [7, 11) is 4.07. The van der Waals surface area contributed by atoms with Gasteiger partial charge in [-0.25, -0.2) is 0 Å². The largest absolute Gasteiger partial charge is 0.457 e. The second-order valence-corrected chi connectivity index (χ2v) is 11.3. The second kappa shape index (κ2) is 8.65. The highest BCUT2D eigenvalue weighted by atomic mass is 16.7. The minimum atomic E-state index is -0.268. The Balaban J connectivity index is 1.95. The topological polar surface area (TPSA) is 50.8 Å². The molecule has 2 aliphatic rings. The molecule has 0 aromatic rings. The van der Waals surface area contributed by atoms with Crippen LogP contribution < -0.4 is 5.32 Å². The van der Waals surface area contributed by atoms with E-state index in [9.17, 15) is 4.79 Å². The van der Waals surface area contributed by atoms with Gasteiger partial charge in [-0.15, -0.1) is 0 Å². The molecule has 0 aromatic heterocycles. The van der Waals surface area contributed by atoms with E-state index in [0.717, 1.165) is 32.1 Å². The Labute approximate surface area is 173 Å². The zero-order valence-electron chi connectivity index (χ0n) is 19.7. The van der Waals surface area contributed by atoms with Crippen LogP contribution in [0.1, 0.15) is 74.1 Å². The van der Waals surface area contributed by atoms with Crippen LogP contribution in [0.5, 0.6) is 0 Å². The number of carbonyl (C=O) groups excluding carboxylic acids is 1. The summed E-state index contributed by atoms with van der Waals surface area (Å²) in [6.45, 7) is 15.6. The maximum Gasteiger partial charge on any atom is 0.457 e. The quantitative estimate of drug-likeness (QED) is 0.693. The van der Waals surface area contributed by atoms with E-state index < -0.39 is 0 Å². The standard InChI is InChI=1S/C22H43BN2O3/c1-20(2,3)24-19(26)18-14-16(10-11-17(18)15-25(8)9)12-13-23-27-21(4,5)22(6,7)28-23/h16-18H,10-15H2,1-9H3,(H,24,26)/t16-,17+,18?/m0/s1. The summed E-state index contributed by atoms with van der Waals surface area (Å²) >= 11 is 0. The van der Waals surface area contributed by atoms with Gasteiger partial charge < -0.3 is 19.5 Å². The molecule has 1 aliphatic heterocycles. The van der Waals surface area contributed by atoms with E-state index >= 15 is 0 Å². The number of nitrogens with zero attached hydrogens (tertiary/aromatic N) is 1. The van der Waals surface area contributed by atoms with Crippen LogP contribution in [0.25, 0.3) is 0 Å². The average Bonchev–Trinajstić information content (AvgIpc) is 2.71. The van der Waals surface area contributed by atoms with Gasteiger partial charge in [-0.1, -0.05) is 12.8 Å². The zero-order chi connectivity index (χ0) is 21.3. The summed E-state index contributed by atoms with van der Waals surface area (Å²) in [4.78, 5) is 15.2. The smallest absolute Gasteiger partial charge is 0.403 e. The van der Waals surface area contributed by atoms with Gasteiger partial charge in [0.1, 0.15) is 0 Å². The third-order valence-corrected chi connectivity index (χ3v) is 6.65. The summed E-state index contributed by atoms with van der Waals surface area (Å²) in [6.07, 6.45) is 5.25. The van der Waals surface area contributed by atoms with Gasteiger partial charge in [0.2, 0.25) is 5.91 Å². The molecule has 1 heterocycles. The van der Waals surface area contributed by atoms with Crippen molar-refractivity contribution in [2.45, 2.75) is 97.2 Å². The molecule has 0 radical (unpaired) electrons. The number of amides is 1. The molecule has 0 bridgehead atoms. The van der Waals surface area contributed by atoms with Crippen molar-refractivity contribution in [3.63, 3.8) is 0 Å². The predicted octanol–water partition coefficient (Wildman–Crippen LogP) is 3.98. The molecule has 5 nitrogen and oxygen atoms in total. The first-order valence-electron chi connectivity index (χ1n) is 11.0. The van der Waals surface area contributed by atoms with Gasteiger partial charge in [0, 0.05) is 18.0 Å². The van der Waals surface area contributed by atoms with Crippen LogP contribution in [0.3, 0.4) is 0 Å². The maximum atomic E-state index is 13.0. The van der Waals surface area contributed by atoms with Gasteiger partial charge >= 0.3 is 7.12 Å². The van der Waals surface area contributed by atoms with Crippen LogP contribution >= 0.6 is 0 Å². The molecule has 1 saturated carbocycles. The molecule has 1 saturated heterocycles. The molecule has 2 fully saturated rings. The first-order chi connectivity index (χ1) is 12.7. The summed E-state index contributed by atoms with van der Waals surface area (Å²) in [5, 5.41) is 3.22. The second-order valence-electron chi connectivity index (χ2n) is 11.3. The molecule has 1 N–H and O–H groups in total. The lowest BCUT2D eigenvalue weighted by atomic mass is 9.69. The summed E-state index contributed by atoms with van der Waals surface area (Å²) in [6, 6.07) is 0. The van der Waals surface area contributed by atoms with Crippen molar-refractivity contribution >= 4 is 13.0 Å².